The Morgan fingerprint density at radius 1 is 1.47 bits per heavy atom. The Hall–Kier alpha value is -1.52. The molecular weight excluding hydrogens is 222 g/mol. The highest BCUT2D eigenvalue weighted by atomic mass is 16.6. The van der Waals surface area contributed by atoms with Gasteiger partial charge in [-0.2, -0.15) is 0 Å². The van der Waals surface area contributed by atoms with Crippen LogP contribution in [0.3, 0.4) is 0 Å². The van der Waals surface area contributed by atoms with Gasteiger partial charge < -0.3 is 9.84 Å². The van der Waals surface area contributed by atoms with Crippen LogP contribution in [0.4, 0.5) is 4.79 Å². The summed E-state index contributed by atoms with van der Waals surface area (Å²) >= 11 is 0. The van der Waals surface area contributed by atoms with E-state index in [2.05, 4.69) is 6.58 Å². The van der Waals surface area contributed by atoms with Crippen molar-refractivity contribution in [3.05, 3.63) is 12.7 Å². The SMILES string of the molecule is C=CCOC(=O)N1C[C@@H]2CCC[C@@H]2[C@H]1C(=O)O. The fourth-order valence-electron chi connectivity index (χ4n) is 3.02. The van der Waals surface area contributed by atoms with Crippen LogP contribution >= 0.6 is 0 Å². The molecule has 5 nitrogen and oxygen atoms in total. The molecule has 0 spiro atoms. The van der Waals surface area contributed by atoms with Gasteiger partial charge in [0.1, 0.15) is 12.6 Å². The number of carboxylic acid groups (broad SMARTS) is 1. The third-order valence-electron chi connectivity index (χ3n) is 3.70. The first kappa shape index (κ1) is 12.0. The number of likely N-dealkylation sites (tertiary alicyclic amines) is 1. The van der Waals surface area contributed by atoms with Gasteiger partial charge in [0.25, 0.3) is 0 Å². The van der Waals surface area contributed by atoms with Crippen LogP contribution in [0, 0.1) is 11.8 Å². The lowest BCUT2D eigenvalue weighted by molar-refractivity contribution is -0.143. The Kier molecular flexibility index (Phi) is 3.36. The minimum atomic E-state index is -0.921. The van der Waals surface area contributed by atoms with E-state index in [0.717, 1.165) is 19.3 Å². The van der Waals surface area contributed by atoms with Crippen LogP contribution in [0.1, 0.15) is 19.3 Å². The molecule has 1 saturated heterocycles. The number of ether oxygens (including phenoxy) is 1. The Labute approximate surface area is 100 Å². The summed E-state index contributed by atoms with van der Waals surface area (Å²) in [6, 6.07) is -0.709. The molecule has 1 aliphatic carbocycles. The van der Waals surface area contributed by atoms with Gasteiger partial charge in [0.2, 0.25) is 0 Å². The first-order valence-electron chi connectivity index (χ1n) is 5.92. The molecular formula is C12H17NO4. The van der Waals surface area contributed by atoms with Gasteiger partial charge in [-0.3, -0.25) is 4.90 Å². The normalized spacial score (nSPS) is 31.1. The number of fused-ring (bicyclic) bond motifs is 1. The second-order valence-electron chi connectivity index (χ2n) is 4.66. The molecule has 1 heterocycles. The lowest BCUT2D eigenvalue weighted by Crippen LogP contribution is -2.43. The zero-order chi connectivity index (χ0) is 12.4. The van der Waals surface area contributed by atoms with Gasteiger partial charge in [-0.05, 0) is 24.7 Å². The van der Waals surface area contributed by atoms with E-state index in [4.69, 9.17) is 4.74 Å². The van der Waals surface area contributed by atoms with Gasteiger partial charge in [0.05, 0.1) is 0 Å². The van der Waals surface area contributed by atoms with Gasteiger partial charge in [-0.15, -0.1) is 0 Å². The molecule has 2 rings (SSSR count). The quantitative estimate of drug-likeness (QED) is 0.758. The standard InChI is InChI=1S/C12H17NO4/c1-2-6-17-12(16)13-7-8-4-3-5-9(8)10(13)11(14)15/h2,8-10H,1,3-7H2,(H,14,15)/t8-,9-,10-/m0/s1. The fourth-order valence-corrected chi connectivity index (χ4v) is 3.02. The number of hydrogen-bond donors (Lipinski definition) is 1. The molecule has 0 aromatic rings. The predicted molar refractivity (Wildman–Crippen MR) is 60.5 cm³/mol. The molecule has 0 bridgehead atoms. The maximum absolute atomic E-state index is 11.7. The number of hydrogen-bond acceptors (Lipinski definition) is 3. The Morgan fingerprint density at radius 2 is 2.24 bits per heavy atom. The molecule has 5 heteroatoms. The largest absolute Gasteiger partial charge is 0.480 e. The number of nitrogens with zero attached hydrogens (tertiary/aromatic N) is 1. The van der Waals surface area contributed by atoms with Crippen LogP contribution < -0.4 is 0 Å². The minimum absolute atomic E-state index is 0.101. The second kappa shape index (κ2) is 4.77. The minimum Gasteiger partial charge on any atom is -0.480 e. The van der Waals surface area contributed by atoms with Crippen LogP contribution in [0.25, 0.3) is 0 Å². The van der Waals surface area contributed by atoms with Crippen molar-refractivity contribution in [1.29, 1.82) is 0 Å². The number of carbonyl (C=O) groups is 2. The van der Waals surface area contributed by atoms with Gasteiger partial charge >= 0.3 is 12.1 Å². The average Bonchev–Trinajstić information content (AvgIpc) is 2.83. The maximum Gasteiger partial charge on any atom is 0.410 e. The van der Waals surface area contributed by atoms with Crippen LogP contribution in [0.5, 0.6) is 0 Å². The number of rotatable bonds is 3. The number of carboxylic acids is 1. The number of aliphatic carboxylic acids is 1. The summed E-state index contributed by atoms with van der Waals surface area (Å²) in [5.41, 5.74) is 0. The zero-order valence-electron chi connectivity index (χ0n) is 9.67. The van der Waals surface area contributed by atoms with E-state index in [9.17, 15) is 14.7 Å². The van der Waals surface area contributed by atoms with Crippen LogP contribution in [0.15, 0.2) is 12.7 Å². The molecule has 2 aliphatic rings. The summed E-state index contributed by atoms with van der Waals surface area (Å²) in [6.07, 6.45) is 3.91. The van der Waals surface area contributed by atoms with Crippen molar-refractivity contribution in [2.24, 2.45) is 11.8 Å². The molecule has 0 aromatic heterocycles. The van der Waals surface area contributed by atoms with Crippen molar-refractivity contribution in [3.8, 4) is 0 Å². The summed E-state index contributed by atoms with van der Waals surface area (Å²) in [4.78, 5) is 24.4. The zero-order valence-corrected chi connectivity index (χ0v) is 9.67. The van der Waals surface area contributed by atoms with Crippen molar-refractivity contribution in [2.75, 3.05) is 13.2 Å². The van der Waals surface area contributed by atoms with E-state index in [1.165, 1.54) is 11.0 Å². The second-order valence-corrected chi connectivity index (χ2v) is 4.66. The van der Waals surface area contributed by atoms with Gasteiger partial charge in [0.15, 0.2) is 0 Å². The third-order valence-corrected chi connectivity index (χ3v) is 3.70. The van der Waals surface area contributed by atoms with Crippen molar-refractivity contribution in [1.82, 2.24) is 4.90 Å². The van der Waals surface area contributed by atoms with Crippen molar-refractivity contribution in [3.63, 3.8) is 0 Å². The van der Waals surface area contributed by atoms with E-state index in [1.807, 2.05) is 0 Å². The monoisotopic (exact) mass is 239 g/mol. The summed E-state index contributed by atoms with van der Waals surface area (Å²) in [5.74, 6) is -0.494. The molecule has 17 heavy (non-hydrogen) atoms. The summed E-state index contributed by atoms with van der Waals surface area (Å²) in [5, 5.41) is 9.24. The van der Waals surface area contributed by atoms with E-state index >= 15 is 0 Å². The predicted octanol–water partition coefficient (Wildman–Crippen LogP) is 1.49. The molecule has 1 N–H and O–H groups in total. The Morgan fingerprint density at radius 3 is 2.88 bits per heavy atom. The molecule has 94 valence electrons. The van der Waals surface area contributed by atoms with Gasteiger partial charge in [0, 0.05) is 6.54 Å². The van der Waals surface area contributed by atoms with Gasteiger partial charge in [-0.25, -0.2) is 9.59 Å². The Balaban J connectivity index is 2.08. The maximum atomic E-state index is 11.7. The molecule has 1 aliphatic heterocycles. The van der Waals surface area contributed by atoms with Crippen LogP contribution in [-0.4, -0.2) is 41.3 Å². The smallest absolute Gasteiger partial charge is 0.410 e. The lowest BCUT2D eigenvalue weighted by atomic mass is 9.94. The summed E-state index contributed by atoms with van der Waals surface area (Å²) in [6.45, 7) is 4.09. The van der Waals surface area contributed by atoms with E-state index in [-0.39, 0.29) is 12.5 Å². The lowest BCUT2D eigenvalue weighted by Gasteiger charge is -2.23. The molecule has 0 unspecified atom stereocenters. The van der Waals surface area contributed by atoms with Crippen molar-refractivity contribution < 1.29 is 19.4 Å². The highest BCUT2D eigenvalue weighted by Gasteiger charge is 2.50. The highest BCUT2D eigenvalue weighted by molar-refractivity contribution is 5.81. The van der Waals surface area contributed by atoms with E-state index < -0.39 is 18.1 Å². The fraction of sp³-hybridized carbons (Fsp3) is 0.667. The van der Waals surface area contributed by atoms with Crippen molar-refractivity contribution in [2.45, 2.75) is 25.3 Å². The van der Waals surface area contributed by atoms with Crippen LogP contribution in [0.2, 0.25) is 0 Å². The molecule has 2 fully saturated rings. The summed E-state index contributed by atoms with van der Waals surface area (Å²) < 4.78 is 4.93. The molecule has 0 aromatic carbocycles. The summed E-state index contributed by atoms with van der Waals surface area (Å²) in [7, 11) is 0. The first-order valence-corrected chi connectivity index (χ1v) is 5.92. The molecule has 1 amide bonds. The van der Waals surface area contributed by atoms with Crippen molar-refractivity contribution >= 4 is 12.1 Å². The van der Waals surface area contributed by atoms with Crippen LogP contribution in [-0.2, 0) is 9.53 Å². The third kappa shape index (κ3) is 2.14. The topological polar surface area (TPSA) is 66.8 Å². The number of carbonyl (C=O) groups excluding carboxylic acids is 1. The van der Waals surface area contributed by atoms with E-state index in [0.29, 0.717) is 12.5 Å². The van der Waals surface area contributed by atoms with Gasteiger partial charge in [-0.1, -0.05) is 19.1 Å². The van der Waals surface area contributed by atoms with E-state index in [1.54, 1.807) is 0 Å². The average molecular weight is 239 g/mol. The molecule has 3 atom stereocenters. The molecule has 0 radical (unpaired) electrons. The molecule has 1 saturated carbocycles. The number of amides is 1. The Bertz CT molecular complexity index is 341. The first-order chi connectivity index (χ1) is 8.15. The highest BCUT2D eigenvalue weighted by Crippen LogP contribution is 2.42.